The maximum atomic E-state index is 10.5. The third-order valence-electron chi connectivity index (χ3n) is 2.12. The van der Waals surface area contributed by atoms with Crippen molar-refractivity contribution in [2.24, 2.45) is 0 Å². The van der Waals surface area contributed by atoms with Gasteiger partial charge in [0.05, 0.1) is 0 Å². The molecule has 0 atom stereocenters. The molecule has 76 valence electrons. The molecular weight excluding hydrogens is 208 g/mol. The predicted octanol–water partition coefficient (Wildman–Crippen LogP) is 2.58. The lowest BCUT2D eigenvalue weighted by Crippen LogP contribution is -1.90. The van der Waals surface area contributed by atoms with Crippen molar-refractivity contribution in [1.29, 1.82) is 0 Å². The highest BCUT2D eigenvalue weighted by Crippen LogP contribution is 2.24. The number of aryl methyl sites for hydroxylation is 1. The molecule has 15 heavy (non-hydrogen) atoms. The molecular formula is C11H10N2OS. The van der Waals surface area contributed by atoms with E-state index in [2.05, 4.69) is 16.9 Å². The number of nitrogens with zero attached hydrogens (tertiary/aromatic N) is 2. The first-order chi connectivity index (χ1) is 7.35. The van der Waals surface area contributed by atoms with E-state index < -0.39 is 0 Å². The SMILES string of the molecule is CCc1cccnc1-c1nc(C=O)cs1. The van der Waals surface area contributed by atoms with Gasteiger partial charge < -0.3 is 0 Å². The van der Waals surface area contributed by atoms with Crippen molar-refractivity contribution in [2.75, 3.05) is 0 Å². The van der Waals surface area contributed by atoms with Gasteiger partial charge in [0.2, 0.25) is 0 Å². The minimum absolute atomic E-state index is 0.475. The Kier molecular flexibility index (Phi) is 2.87. The lowest BCUT2D eigenvalue weighted by Gasteiger charge is -2.01. The zero-order valence-corrected chi connectivity index (χ0v) is 9.12. The molecule has 0 N–H and O–H groups in total. The number of aromatic nitrogens is 2. The zero-order valence-electron chi connectivity index (χ0n) is 8.30. The molecule has 2 rings (SSSR count). The van der Waals surface area contributed by atoms with E-state index in [0.29, 0.717) is 5.69 Å². The van der Waals surface area contributed by atoms with Crippen LogP contribution in [0.15, 0.2) is 23.7 Å². The second kappa shape index (κ2) is 4.31. The van der Waals surface area contributed by atoms with E-state index in [1.54, 1.807) is 11.6 Å². The van der Waals surface area contributed by atoms with Gasteiger partial charge in [-0.1, -0.05) is 13.0 Å². The summed E-state index contributed by atoms with van der Waals surface area (Å²) < 4.78 is 0. The van der Waals surface area contributed by atoms with Gasteiger partial charge >= 0.3 is 0 Å². The molecule has 0 unspecified atom stereocenters. The van der Waals surface area contributed by atoms with Crippen molar-refractivity contribution in [3.63, 3.8) is 0 Å². The average Bonchev–Trinajstić information content (AvgIpc) is 2.77. The molecule has 0 saturated heterocycles. The van der Waals surface area contributed by atoms with Gasteiger partial charge in [-0.2, -0.15) is 0 Å². The number of hydrogen-bond acceptors (Lipinski definition) is 4. The molecule has 3 nitrogen and oxygen atoms in total. The summed E-state index contributed by atoms with van der Waals surface area (Å²) >= 11 is 1.45. The van der Waals surface area contributed by atoms with E-state index in [0.717, 1.165) is 29.0 Å². The Bertz CT molecular complexity index is 479. The van der Waals surface area contributed by atoms with Crippen molar-refractivity contribution in [1.82, 2.24) is 9.97 Å². The average molecular weight is 218 g/mol. The van der Waals surface area contributed by atoms with E-state index in [1.165, 1.54) is 11.3 Å². The molecule has 2 aromatic heterocycles. The fourth-order valence-electron chi connectivity index (χ4n) is 1.37. The summed E-state index contributed by atoms with van der Waals surface area (Å²) in [5, 5.41) is 2.56. The van der Waals surface area contributed by atoms with Gasteiger partial charge in [-0.25, -0.2) is 4.98 Å². The number of rotatable bonds is 3. The Morgan fingerprint density at radius 1 is 1.53 bits per heavy atom. The summed E-state index contributed by atoms with van der Waals surface area (Å²) in [6.07, 6.45) is 3.42. The first-order valence-corrected chi connectivity index (χ1v) is 5.58. The normalized spacial score (nSPS) is 10.2. The monoisotopic (exact) mass is 218 g/mol. The standard InChI is InChI=1S/C11H10N2OS/c1-2-8-4-3-5-12-10(8)11-13-9(6-14)7-15-11/h3-7H,2H2,1H3. The molecule has 0 bridgehead atoms. The number of aldehydes is 1. The van der Waals surface area contributed by atoms with Crippen LogP contribution in [0.5, 0.6) is 0 Å². The maximum absolute atomic E-state index is 10.5. The zero-order chi connectivity index (χ0) is 10.7. The van der Waals surface area contributed by atoms with Crippen LogP contribution in [0.4, 0.5) is 0 Å². The summed E-state index contributed by atoms with van der Waals surface area (Å²) in [6.45, 7) is 2.08. The predicted molar refractivity (Wildman–Crippen MR) is 60.1 cm³/mol. The first-order valence-electron chi connectivity index (χ1n) is 4.70. The number of pyridine rings is 1. The highest BCUT2D eigenvalue weighted by Gasteiger charge is 2.08. The second-order valence-corrected chi connectivity index (χ2v) is 3.92. The molecule has 0 aliphatic heterocycles. The molecule has 4 heteroatoms. The van der Waals surface area contributed by atoms with Gasteiger partial charge in [0.25, 0.3) is 0 Å². The highest BCUT2D eigenvalue weighted by molar-refractivity contribution is 7.13. The maximum Gasteiger partial charge on any atom is 0.169 e. The van der Waals surface area contributed by atoms with Crippen LogP contribution in [0.3, 0.4) is 0 Å². The van der Waals surface area contributed by atoms with Gasteiger partial charge in [0.1, 0.15) is 16.4 Å². The smallest absolute Gasteiger partial charge is 0.169 e. The molecule has 2 heterocycles. The Morgan fingerprint density at radius 2 is 2.40 bits per heavy atom. The summed E-state index contributed by atoms with van der Waals surface area (Å²) in [5.41, 5.74) is 2.52. The van der Waals surface area contributed by atoms with E-state index in [-0.39, 0.29) is 0 Å². The molecule has 0 saturated carbocycles. The van der Waals surface area contributed by atoms with Crippen molar-refractivity contribution in [3.8, 4) is 10.7 Å². The van der Waals surface area contributed by atoms with Gasteiger partial charge in [0.15, 0.2) is 6.29 Å². The van der Waals surface area contributed by atoms with Crippen LogP contribution in [0.25, 0.3) is 10.7 Å². The van der Waals surface area contributed by atoms with Crippen LogP contribution in [0, 0.1) is 0 Å². The topological polar surface area (TPSA) is 42.9 Å². The van der Waals surface area contributed by atoms with Crippen LogP contribution in [-0.2, 0) is 6.42 Å². The van der Waals surface area contributed by atoms with Gasteiger partial charge in [0, 0.05) is 11.6 Å². The van der Waals surface area contributed by atoms with Crippen molar-refractivity contribution >= 4 is 17.6 Å². The molecule has 0 spiro atoms. The lowest BCUT2D eigenvalue weighted by atomic mass is 10.1. The Balaban J connectivity index is 2.48. The summed E-state index contributed by atoms with van der Waals surface area (Å²) in [5.74, 6) is 0. The Morgan fingerprint density at radius 3 is 3.07 bits per heavy atom. The molecule has 0 aliphatic carbocycles. The number of thiazole rings is 1. The third-order valence-corrected chi connectivity index (χ3v) is 2.98. The van der Waals surface area contributed by atoms with Crippen LogP contribution >= 0.6 is 11.3 Å². The fraction of sp³-hybridized carbons (Fsp3) is 0.182. The third kappa shape index (κ3) is 1.94. The first kappa shape index (κ1) is 9.98. The largest absolute Gasteiger partial charge is 0.296 e. The molecule has 0 fully saturated rings. The van der Waals surface area contributed by atoms with Gasteiger partial charge in [-0.3, -0.25) is 9.78 Å². The highest BCUT2D eigenvalue weighted by atomic mass is 32.1. The Hall–Kier alpha value is -1.55. The lowest BCUT2D eigenvalue weighted by molar-refractivity contribution is 0.111. The molecule has 0 radical (unpaired) electrons. The minimum Gasteiger partial charge on any atom is -0.296 e. The van der Waals surface area contributed by atoms with Gasteiger partial charge in [-0.15, -0.1) is 11.3 Å². The number of carbonyl (C=O) groups is 1. The molecule has 0 amide bonds. The van der Waals surface area contributed by atoms with Crippen molar-refractivity contribution < 1.29 is 4.79 Å². The van der Waals surface area contributed by atoms with Gasteiger partial charge in [-0.05, 0) is 18.1 Å². The van der Waals surface area contributed by atoms with Crippen molar-refractivity contribution in [3.05, 3.63) is 35.0 Å². The summed E-state index contributed by atoms with van der Waals surface area (Å²) in [7, 11) is 0. The molecule has 0 aromatic carbocycles. The Labute approximate surface area is 91.8 Å². The van der Waals surface area contributed by atoms with E-state index in [4.69, 9.17) is 0 Å². The quantitative estimate of drug-likeness (QED) is 0.744. The molecule has 2 aromatic rings. The van der Waals surface area contributed by atoms with Crippen molar-refractivity contribution in [2.45, 2.75) is 13.3 Å². The minimum atomic E-state index is 0.475. The van der Waals surface area contributed by atoms with E-state index in [1.807, 2.05) is 12.1 Å². The summed E-state index contributed by atoms with van der Waals surface area (Å²) in [6, 6.07) is 3.95. The van der Waals surface area contributed by atoms with E-state index in [9.17, 15) is 4.79 Å². The van der Waals surface area contributed by atoms with Crippen LogP contribution in [0.2, 0.25) is 0 Å². The second-order valence-electron chi connectivity index (χ2n) is 3.06. The van der Waals surface area contributed by atoms with Crippen LogP contribution in [0.1, 0.15) is 23.0 Å². The van der Waals surface area contributed by atoms with E-state index >= 15 is 0 Å². The number of carbonyl (C=O) groups excluding carboxylic acids is 1. The summed E-state index contributed by atoms with van der Waals surface area (Å²) in [4.78, 5) is 19.0. The van der Waals surface area contributed by atoms with Crippen LogP contribution in [-0.4, -0.2) is 16.3 Å². The molecule has 0 aliphatic rings. The number of hydrogen-bond donors (Lipinski definition) is 0. The fourth-order valence-corrected chi connectivity index (χ4v) is 2.16. The van der Waals surface area contributed by atoms with Crippen LogP contribution < -0.4 is 0 Å².